The Hall–Kier alpha value is -1.60. The summed E-state index contributed by atoms with van der Waals surface area (Å²) in [6.45, 7) is 11.1. The second-order valence-corrected chi connectivity index (χ2v) is 7.51. The standard InChI is InChI=1S/C16H21N3S/c1-15(2,3)10-16(4,5)19-12-8-6-7-11(9-17)13(12)18-14(19)20/h6-8H,10H2,1-5H3,(H,18,20). The van der Waals surface area contributed by atoms with E-state index in [1.54, 1.807) is 0 Å². The number of aromatic nitrogens is 2. The Kier molecular flexibility index (Phi) is 3.51. The third-order valence-corrected chi connectivity index (χ3v) is 3.69. The predicted octanol–water partition coefficient (Wildman–Crippen LogP) is 4.74. The maximum atomic E-state index is 9.21. The van der Waals surface area contributed by atoms with Crippen molar-refractivity contribution < 1.29 is 0 Å². The molecule has 0 saturated carbocycles. The maximum absolute atomic E-state index is 9.21. The van der Waals surface area contributed by atoms with Crippen molar-refractivity contribution in [3.63, 3.8) is 0 Å². The van der Waals surface area contributed by atoms with Crippen LogP contribution in [0.1, 0.15) is 46.6 Å². The molecule has 0 spiro atoms. The van der Waals surface area contributed by atoms with E-state index in [0.29, 0.717) is 10.3 Å². The summed E-state index contributed by atoms with van der Waals surface area (Å²) in [5.74, 6) is 0. The van der Waals surface area contributed by atoms with Crippen LogP contribution in [0.25, 0.3) is 11.0 Å². The van der Waals surface area contributed by atoms with Crippen LogP contribution in [0.3, 0.4) is 0 Å². The van der Waals surface area contributed by atoms with Crippen molar-refractivity contribution in [2.24, 2.45) is 5.41 Å². The fourth-order valence-electron chi connectivity index (χ4n) is 3.20. The van der Waals surface area contributed by atoms with Crippen LogP contribution in [-0.4, -0.2) is 9.55 Å². The van der Waals surface area contributed by atoms with Crippen molar-refractivity contribution in [3.8, 4) is 6.07 Å². The number of H-pyrrole nitrogens is 1. The van der Waals surface area contributed by atoms with Gasteiger partial charge in [-0.05, 0) is 50.0 Å². The summed E-state index contributed by atoms with van der Waals surface area (Å²) >= 11 is 5.50. The Bertz CT molecular complexity index is 736. The van der Waals surface area contributed by atoms with Gasteiger partial charge in [0.2, 0.25) is 0 Å². The van der Waals surface area contributed by atoms with Crippen LogP contribution in [0.5, 0.6) is 0 Å². The van der Waals surface area contributed by atoms with Gasteiger partial charge in [-0.1, -0.05) is 26.8 Å². The van der Waals surface area contributed by atoms with E-state index in [-0.39, 0.29) is 11.0 Å². The van der Waals surface area contributed by atoms with Crippen molar-refractivity contribution in [3.05, 3.63) is 28.5 Å². The largest absolute Gasteiger partial charge is 0.329 e. The Morgan fingerprint density at radius 2 is 1.90 bits per heavy atom. The summed E-state index contributed by atoms with van der Waals surface area (Å²) in [6.07, 6.45) is 0.998. The van der Waals surface area contributed by atoms with Gasteiger partial charge in [0.05, 0.1) is 16.6 Å². The van der Waals surface area contributed by atoms with E-state index in [1.807, 2.05) is 18.2 Å². The van der Waals surface area contributed by atoms with Crippen molar-refractivity contribution in [2.45, 2.75) is 46.6 Å². The smallest absolute Gasteiger partial charge is 0.178 e. The number of hydrogen-bond donors (Lipinski definition) is 1. The van der Waals surface area contributed by atoms with Crippen molar-refractivity contribution >= 4 is 23.3 Å². The zero-order valence-corrected chi connectivity index (χ0v) is 13.6. The quantitative estimate of drug-likeness (QED) is 0.811. The number of imidazole rings is 1. The highest BCUT2D eigenvalue weighted by Crippen LogP contribution is 2.35. The summed E-state index contributed by atoms with van der Waals surface area (Å²) in [5.41, 5.74) is 2.57. The lowest BCUT2D eigenvalue weighted by Crippen LogP contribution is -2.31. The number of rotatable bonds is 2. The van der Waals surface area contributed by atoms with E-state index >= 15 is 0 Å². The molecule has 3 nitrogen and oxygen atoms in total. The fourth-order valence-corrected chi connectivity index (χ4v) is 3.65. The minimum atomic E-state index is -0.109. The van der Waals surface area contributed by atoms with Gasteiger partial charge < -0.3 is 9.55 Å². The number of para-hydroxylation sites is 1. The Labute approximate surface area is 125 Å². The monoisotopic (exact) mass is 287 g/mol. The first-order chi connectivity index (χ1) is 9.15. The lowest BCUT2D eigenvalue weighted by Gasteiger charge is -2.34. The van der Waals surface area contributed by atoms with E-state index in [9.17, 15) is 5.26 Å². The molecule has 0 fully saturated rings. The first-order valence-corrected chi connectivity index (χ1v) is 7.21. The number of fused-ring (bicyclic) bond motifs is 1. The van der Waals surface area contributed by atoms with Gasteiger partial charge >= 0.3 is 0 Å². The van der Waals surface area contributed by atoms with Gasteiger partial charge in [-0.15, -0.1) is 0 Å². The lowest BCUT2D eigenvalue weighted by molar-refractivity contribution is 0.217. The molecule has 2 rings (SSSR count). The predicted molar refractivity (Wildman–Crippen MR) is 85.2 cm³/mol. The second-order valence-electron chi connectivity index (χ2n) is 7.13. The molecule has 2 aromatic rings. The molecule has 0 radical (unpaired) electrons. The molecular weight excluding hydrogens is 266 g/mol. The fraction of sp³-hybridized carbons (Fsp3) is 0.500. The van der Waals surface area contributed by atoms with Crippen molar-refractivity contribution in [1.29, 1.82) is 5.26 Å². The lowest BCUT2D eigenvalue weighted by atomic mass is 9.81. The summed E-state index contributed by atoms with van der Waals surface area (Å²) in [5, 5.41) is 9.21. The van der Waals surface area contributed by atoms with Gasteiger partial charge in [0.25, 0.3) is 0 Å². The van der Waals surface area contributed by atoms with Gasteiger partial charge in [-0.25, -0.2) is 0 Å². The third-order valence-electron chi connectivity index (χ3n) is 3.41. The molecule has 0 bridgehead atoms. The Morgan fingerprint density at radius 1 is 1.25 bits per heavy atom. The van der Waals surface area contributed by atoms with E-state index in [4.69, 9.17) is 12.2 Å². The molecule has 0 unspecified atom stereocenters. The van der Waals surface area contributed by atoms with E-state index in [2.05, 4.69) is 50.2 Å². The van der Waals surface area contributed by atoms with E-state index in [0.717, 1.165) is 17.5 Å². The summed E-state index contributed by atoms with van der Waals surface area (Å²) in [6, 6.07) is 7.96. The molecule has 1 aromatic heterocycles. The summed E-state index contributed by atoms with van der Waals surface area (Å²) in [7, 11) is 0. The molecule has 0 saturated heterocycles. The third kappa shape index (κ3) is 2.64. The van der Waals surface area contributed by atoms with Crippen molar-refractivity contribution in [1.82, 2.24) is 9.55 Å². The van der Waals surface area contributed by atoms with E-state index in [1.165, 1.54) is 0 Å². The van der Waals surface area contributed by atoms with Crippen LogP contribution < -0.4 is 0 Å². The minimum absolute atomic E-state index is 0.109. The van der Waals surface area contributed by atoms with Crippen LogP contribution in [0.2, 0.25) is 0 Å². The molecular formula is C16H21N3S. The Balaban J connectivity index is 2.70. The van der Waals surface area contributed by atoms with Gasteiger partial charge in [0, 0.05) is 5.54 Å². The van der Waals surface area contributed by atoms with Crippen LogP contribution in [0, 0.1) is 21.5 Å². The number of nitrogens with zero attached hydrogens (tertiary/aromatic N) is 2. The van der Waals surface area contributed by atoms with Crippen molar-refractivity contribution in [2.75, 3.05) is 0 Å². The number of nitrogens with one attached hydrogen (secondary N) is 1. The normalized spacial score (nSPS) is 12.6. The minimum Gasteiger partial charge on any atom is -0.329 e. The topological polar surface area (TPSA) is 44.5 Å². The first kappa shape index (κ1) is 14.8. The van der Waals surface area contributed by atoms with Gasteiger partial charge in [0.15, 0.2) is 4.77 Å². The van der Waals surface area contributed by atoms with Gasteiger partial charge in [-0.3, -0.25) is 0 Å². The molecule has 1 N–H and O–H groups in total. The molecule has 0 aliphatic rings. The molecule has 0 atom stereocenters. The number of aromatic amines is 1. The molecule has 20 heavy (non-hydrogen) atoms. The zero-order chi connectivity index (χ0) is 15.1. The average molecular weight is 287 g/mol. The number of nitriles is 1. The highest BCUT2D eigenvalue weighted by Gasteiger charge is 2.29. The van der Waals surface area contributed by atoms with Crippen LogP contribution in [-0.2, 0) is 5.54 Å². The molecule has 106 valence electrons. The van der Waals surface area contributed by atoms with Crippen LogP contribution in [0.4, 0.5) is 0 Å². The highest BCUT2D eigenvalue weighted by molar-refractivity contribution is 7.71. The van der Waals surface area contributed by atoms with Gasteiger partial charge in [-0.2, -0.15) is 5.26 Å². The molecule has 0 aliphatic heterocycles. The highest BCUT2D eigenvalue weighted by atomic mass is 32.1. The number of benzene rings is 1. The molecule has 1 aromatic carbocycles. The van der Waals surface area contributed by atoms with Gasteiger partial charge in [0.1, 0.15) is 6.07 Å². The average Bonchev–Trinajstić information content (AvgIpc) is 2.61. The summed E-state index contributed by atoms with van der Waals surface area (Å²) < 4.78 is 2.82. The molecule has 4 heteroatoms. The van der Waals surface area contributed by atoms with Crippen LogP contribution in [0.15, 0.2) is 18.2 Å². The Morgan fingerprint density at radius 3 is 2.45 bits per heavy atom. The van der Waals surface area contributed by atoms with E-state index < -0.39 is 0 Å². The molecule has 0 aliphatic carbocycles. The van der Waals surface area contributed by atoms with Crippen LogP contribution >= 0.6 is 12.2 Å². The SMILES string of the molecule is CC(C)(C)CC(C)(C)n1c(=S)[nH]c2c(C#N)cccc21. The zero-order valence-electron chi connectivity index (χ0n) is 12.7. The molecule has 0 amide bonds. The maximum Gasteiger partial charge on any atom is 0.178 e. The summed E-state index contributed by atoms with van der Waals surface area (Å²) in [4.78, 5) is 3.19. The second kappa shape index (κ2) is 4.75. The molecule has 1 heterocycles. The number of hydrogen-bond acceptors (Lipinski definition) is 2. The first-order valence-electron chi connectivity index (χ1n) is 6.80.